The number of fused-ring (bicyclic) bond motifs is 2. The van der Waals surface area contributed by atoms with Crippen LogP contribution < -0.4 is 43.4 Å². The molecule has 442 valence electrons. The van der Waals surface area contributed by atoms with Crippen LogP contribution in [0.15, 0.2) is 24.3 Å². The largest absolute Gasteiger partial charge is 0.508 e. The highest BCUT2D eigenvalue weighted by atomic mass is 16.3. The number of rotatable bonds is 23. The van der Waals surface area contributed by atoms with Gasteiger partial charge in [-0.05, 0) is 75.6 Å². The van der Waals surface area contributed by atoms with Crippen LogP contribution in [-0.4, -0.2) is 203 Å². The van der Waals surface area contributed by atoms with E-state index in [1.54, 1.807) is 0 Å². The summed E-state index contributed by atoms with van der Waals surface area (Å²) in [5, 5.41) is 105. The number of amides is 7. The fourth-order valence-electron chi connectivity index (χ4n) is 10.5. The van der Waals surface area contributed by atoms with Gasteiger partial charge < -0.3 is 88.7 Å². The van der Waals surface area contributed by atoms with Crippen molar-refractivity contribution in [3.8, 4) is 5.75 Å². The highest BCUT2D eigenvalue weighted by molar-refractivity contribution is 5.99. The monoisotopic (exact) mass is 1110 g/mol. The lowest BCUT2D eigenvalue weighted by Gasteiger charge is -2.40. The quantitative estimate of drug-likeness (QED) is 0.0488. The van der Waals surface area contributed by atoms with Gasteiger partial charge in [0.1, 0.15) is 59.9 Å². The number of unbranched alkanes of at least 4 members (excludes halogenated alkanes) is 5. The summed E-state index contributed by atoms with van der Waals surface area (Å²) in [5.41, 5.74) is 9.32. The first-order valence-electron chi connectivity index (χ1n) is 27.7. The van der Waals surface area contributed by atoms with Crippen LogP contribution in [-0.2, 0) is 33.6 Å². The first kappa shape index (κ1) is 65.4. The molecule has 16 atom stereocenters. The van der Waals surface area contributed by atoms with Gasteiger partial charge in [-0.3, -0.25) is 38.9 Å². The van der Waals surface area contributed by atoms with Crippen molar-refractivity contribution in [1.82, 2.24) is 41.7 Å². The first-order valence-corrected chi connectivity index (χ1v) is 27.7. The molecular weight excluding hydrogens is 1020 g/mol. The van der Waals surface area contributed by atoms with E-state index in [0.29, 0.717) is 24.7 Å². The zero-order chi connectivity index (χ0) is 58.0. The zero-order valence-corrected chi connectivity index (χ0v) is 45.9. The van der Waals surface area contributed by atoms with E-state index >= 15 is 0 Å². The van der Waals surface area contributed by atoms with Gasteiger partial charge in [0.2, 0.25) is 41.4 Å². The van der Waals surface area contributed by atoms with Crippen LogP contribution in [0, 0.1) is 11.8 Å². The Kier molecular flexibility index (Phi) is 26.0. The standard InChI is InChI=1S/C53H90N10O15/c1-6-29(2)25-30(3)13-11-9-7-8-10-12-14-40(70)57-35-27-38(68)46(56-23-22-55)61-52(78)53(5)39(69)20-24-63(53)51(77)42(37(67)19-21-54)59-49(75)43(45(72)44(71)32-15-17-33(65)18-16-32)60-48(74)36-26-34(66)28-62(36)50(76)41(31(4)64)58-47(35)73/h15-18,29-31,34-39,41-46,56,64-69,71-72H,6-14,19-28,54-55H2,1-5H3,(H,57,70)(H,58,73)(H,59,75)(H,60,74)(H,61,78)/t29?,30?,31-,34-,35+,36+,37-,38-,39+,41+,42+,43+,44+,45+,46+,53+/m1/s1. The molecule has 3 fully saturated rings. The van der Waals surface area contributed by atoms with E-state index in [1.807, 2.05) is 0 Å². The van der Waals surface area contributed by atoms with E-state index in [-0.39, 0.29) is 56.8 Å². The minimum absolute atomic E-state index is 0.0290. The second-order valence-corrected chi connectivity index (χ2v) is 21.8. The molecule has 7 amide bonds. The average Bonchev–Trinajstić information content (AvgIpc) is 4.01. The van der Waals surface area contributed by atoms with Gasteiger partial charge in [-0.25, -0.2) is 0 Å². The first-order chi connectivity index (χ1) is 36.9. The summed E-state index contributed by atoms with van der Waals surface area (Å²) in [7, 11) is 0. The third-order valence-corrected chi connectivity index (χ3v) is 15.5. The van der Waals surface area contributed by atoms with Crippen LogP contribution >= 0.6 is 0 Å². The van der Waals surface area contributed by atoms with E-state index in [4.69, 9.17) is 11.5 Å². The number of hydrogen-bond acceptors (Lipinski definition) is 18. The predicted molar refractivity (Wildman–Crippen MR) is 285 cm³/mol. The topological polar surface area (TPSA) is 412 Å². The molecule has 1 aromatic carbocycles. The number of carbonyl (C=O) groups excluding carboxylic acids is 7. The number of nitrogens with two attached hydrogens (primary N) is 2. The van der Waals surface area contributed by atoms with E-state index in [9.17, 15) is 74.4 Å². The van der Waals surface area contributed by atoms with Gasteiger partial charge in [0.15, 0.2) is 0 Å². The van der Waals surface area contributed by atoms with Crippen LogP contribution in [0.4, 0.5) is 0 Å². The third-order valence-electron chi connectivity index (χ3n) is 15.5. The number of phenolic OH excluding ortho intramolecular Hbond substituents is 1. The van der Waals surface area contributed by atoms with Crippen molar-refractivity contribution in [2.75, 3.05) is 32.7 Å². The molecule has 4 rings (SSSR count). The van der Waals surface area contributed by atoms with Crippen molar-refractivity contribution in [2.24, 2.45) is 23.3 Å². The maximum atomic E-state index is 14.8. The molecule has 0 spiro atoms. The number of hydrogen-bond donors (Lipinski definition) is 16. The molecule has 3 heterocycles. The molecular formula is C53H90N10O15. The van der Waals surface area contributed by atoms with Gasteiger partial charge >= 0.3 is 0 Å². The van der Waals surface area contributed by atoms with Gasteiger partial charge in [-0.2, -0.15) is 0 Å². The number of nitrogens with one attached hydrogen (secondary N) is 6. The van der Waals surface area contributed by atoms with Crippen LogP contribution in [0.2, 0.25) is 0 Å². The summed E-state index contributed by atoms with van der Waals surface area (Å²) in [6.45, 7) is 7.89. The number of phenols is 1. The van der Waals surface area contributed by atoms with Crippen molar-refractivity contribution in [3.63, 3.8) is 0 Å². The molecule has 25 nitrogen and oxygen atoms in total. The molecule has 0 aliphatic carbocycles. The summed E-state index contributed by atoms with van der Waals surface area (Å²) in [6.07, 6.45) is -7.13. The van der Waals surface area contributed by atoms with Crippen molar-refractivity contribution >= 4 is 41.4 Å². The van der Waals surface area contributed by atoms with Crippen LogP contribution in [0.1, 0.15) is 136 Å². The molecule has 3 saturated heterocycles. The van der Waals surface area contributed by atoms with Crippen molar-refractivity contribution in [3.05, 3.63) is 29.8 Å². The highest BCUT2D eigenvalue weighted by Gasteiger charge is 2.55. The molecule has 2 unspecified atom stereocenters. The SMILES string of the molecule is CCC(C)CC(C)CCCCCCCCC(=O)N[C@H]1C[C@@H](O)[C@@H](NCCN)NC(=O)[C@]2(C)[C@@H](O)CCN2C(=O)[C@H]([C@H](O)CCN)NC(=O)[C@H]([C@H](O)[C@@H](O)c2ccc(O)cc2)NC(=O)[C@@H]2C[C@@H](O)CN2C(=O)[C@H]([C@@H](C)O)NC1=O. The van der Waals surface area contributed by atoms with Crippen molar-refractivity contribution in [1.29, 1.82) is 0 Å². The van der Waals surface area contributed by atoms with Crippen LogP contribution in [0.3, 0.4) is 0 Å². The molecule has 78 heavy (non-hydrogen) atoms. The van der Waals surface area contributed by atoms with Crippen LogP contribution in [0.25, 0.3) is 0 Å². The summed E-state index contributed by atoms with van der Waals surface area (Å²) in [6, 6.07) is -4.71. The fraction of sp³-hybridized carbons (Fsp3) is 0.755. The van der Waals surface area contributed by atoms with Crippen LogP contribution in [0.5, 0.6) is 5.75 Å². The number of carbonyl (C=O) groups is 7. The fourth-order valence-corrected chi connectivity index (χ4v) is 10.5. The summed E-state index contributed by atoms with van der Waals surface area (Å²) < 4.78 is 0. The molecule has 18 N–H and O–H groups in total. The molecule has 1 aromatic rings. The van der Waals surface area contributed by atoms with Gasteiger partial charge in [0.05, 0.1) is 30.5 Å². The smallest absolute Gasteiger partial charge is 0.249 e. The lowest BCUT2D eigenvalue weighted by molar-refractivity contribution is -0.153. The Morgan fingerprint density at radius 1 is 0.769 bits per heavy atom. The molecule has 0 bridgehead atoms. The number of benzene rings is 1. The number of aliphatic hydroxyl groups is 7. The number of aromatic hydroxyl groups is 1. The second kappa shape index (κ2) is 31.1. The Labute approximate surface area is 457 Å². The van der Waals surface area contributed by atoms with E-state index in [2.05, 4.69) is 52.7 Å². The van der Waals surface area contributed by atoms with Gasteiger partial charge in [-0.15, -0.1) is 0 Å². The Hall–Kier alpha value is -5.09. The van der Waals surface area contributed by atoms with E-state index in [0.717, 1.165) is 55.2 Å². The normalized spacial score (nSPS) is 29.4. The molecule has 25 heteroatoms. The van der Waals surface area contributed by atoms with E-state index < -0.39 is 145 Å². The Morgan fingerprint density at radius 3 is 2.03 bits per heavy atom. The Balaban J connectivity index is 1.75. The van der Waals surface area contributed by atoms with Gasteiger partial charge in [0.25, 0.3) is 0 Å². The summed E-state index contributed by atoms with van der Waals surface area (Å²) >= 11 is 0. The molecule has 3 aliphatic heterocycles. The van der Waals surface area contributed by atoms with Gasteiger partial charge in [0, 0.05) is 45.4 Å². The molecule has 0 saturated carbocycles. The van der Waals surface area contributed by atoms with Crippen molar-refractivity contribution in [2.45, 2.75) is 209 Å². The number of aliphatic hydroxyl groups excluding tert-OH is 7. The maximum absolute atomic E-state index is 14.8. The second-order valence-electron chi connectivity index (χ2n) is 21.8. The molecule has 3 aliphatic rings. The lowest BCUT2D eigenvalue weighted by atomic mass is 9.91. The highest BCUT2D eigenvalue weighted by Crippen LogP contribution is 2.32. The summed E-state index contributed by atoms with van der Waals surface area (Å²) in [5.74, 6) is -6.48. The Bertz CT molecular complexity index is 2130. The maximum Gasteiger partial charge on any atom is 0.249 e. The average molecular weight is 1110 g/mol. The summed E-state index contributed by atoms with van der Waals surface area (Å²) in [4.78, 5) is 103. The molecule has 0 aromatic heterocycles. The zero-order valence-electron chi connectivity index (χ0n) is 45.9. The Morgan fingerprint density at radius 2 is 1.40 bits per heavy atom. The lowest BCUT2D eigenvalue weighted by Crippen LogP contribution is -2.68. The van der Waals surface area contributed by atoms with E-state index in [1.165, 1.54) is 37.6 Å². The van der Waals surface area contributed by atoms with Gasteiger partial charge in [-0.1, -0.05) is 77.8 Å². The third kappa shape index (κ3) is 17.7. The predicted octanol–water partition coefficient (Wildman–Crippen LogP) is -2.92. The molecule has 0 radical (unpaired) electrons. The number of nitrogens with zero attached hydrogens (tertiary/aromatic N) is 2. The minimum Gasteiger partial charge on any atom is -0.508 e. The minimum atomic E-state index is -2.29. The van der Waals surface area contributed by atoms with Crippen molar-refractivity contribution < 1.29 is 74.4 Å².